The first-order chi connectivity index (χ1) is 38.6. The number of epoxide rings is 9. The lowest BCUT2D eigenvalue weighted by Crippen LogP contribution is -2.29. The molecule has 14 heteroatoms. The van der Waals surface area contributed by atoms with E-state index in [1.54, 1.807) is 0 Å². The number of hydrogen-bond donors (Lipinski definition) is 0. The summed E-state index contributed by atoms with van der Waals surface area (Å²) < 4.78 is 74.2. The molecule has 9 fully saturated rings. The summed E-state index contributed by atoms with van der Waals surface area (Å²) in [6.07, 6.45) is 8.36. The van der Waals surface area contributed by atoms with Crippen molar-refractivity contribution < 1.29 is 66.3 Å². The molecule has 9 heterocycles. The maximum Gasteiger partial charge on any atom is 0.122 e. The summed E-state index contributed by atoms with van der Waals surface area (Å²) >= 11 is 0. The number of para-hydroxylation sites is 5. The van der Waals surface area contributed by atoms with Crippen molar-refractivity contribution >= 4 is 0 Å². The van der Waals surface area contributed by atoms with Crippen molar-refractivity contribution in [3.05, 3.63) is 151 Å². The molecule has 430 valence electrons. The van der Waals surface area contributed by atoms with E-state index in [0.717, 1.165) is 94.1 Å². The van der Waals surface area contributed by atoms with Crippen molar-refractivity contribution in [1.82, 2.24) is 0 Å². The Morgan fingerprint density at radius 1 is 0.316 bits per heavy atom. The smallest absolute Gasteiger partial charge is 0.122 e. The minimum atomic E-state index is 0.329. The van der Waals surface area contributed by atoms with E-state index in [9.17, 15) is 0 Å². The van der Waals surface area contributed by atoms with Gasteiger partial charge < -0.3 is 66.3 Å². The highest BCUT2D eigenvalue weighted by Gasteiger charge is 2.48. The molecule has 14 nitrogen and oxygen atoms in total. The average molecular weight is 1090 g/mol. The Bertz CT molecular complexity index is 2090. The molecular weight excluding hydrogens is 1000 g/mol. The summed E-state index contributed by atoms with van der Waals surface area (Å²) in [5.41, 5.74) is 1.61. The zero-order valence-electron chi connectivity index (χ0n) is 47.2. The van der Waals surface area contributed by atoms with Crippen LogP contribution in [0.1, 0.15) is 71.8 Å². The first-order valence-corrected chi connectivity index (χ1v) is 28.6. The summed E-state index contributed by atoms with van der Waals surface area (Å²) in [5, 5.41) is 0. The molecule has 0 bridgehead atoms. The molecule has 79 heavy (non-hydrogen) atoms. The largest absolute Gasteiger partial charge is 0.491 e. The Morgan fingerprint density at radius 3 is 0.759 bits per heavy atom. The van der Waals surface area contributed by atoms with Gasteiger partial charge in [0, 0.05) is 0 Å². The second-order valence-corrected chi connectivity index (χ2v) is 22.1. The normalized spacial score (nSPS) is 25.5. The van der Waals surface area contributed by atoms with Crippen LogP contribution >= 0.6 is 0 Å². The van der Waals surface area contributed by atoms with Crippen molar-refractivity contribution in [2.24, 2.45) is 11.3 Å². The van der Waals surface area contributed by atoms with Gasteiger partial charge in [0.1, 0.15) is 92.3 Å². The fourth-order valence-electron chi connectivity index (χ4n) is 8.09. The van der Waals surface area contributed by atoms with E-state index in [0.29, 0.717) is 99.3 Å². The summed E-state index contributed by atoms with van der Waals surface area (Å²) in [6.45, 7) is 22.3. The zero-order valence-corrected chi connectivity index (χ0v) is 47.2. The van der Waals surface area contributed by atoms with Crippen LogP contribution in [0.15, 0.2) is 146 Å². The van der Waals surface area contributed by atoms with Gasteiger partial charge in [0.15, 0.2) is 0 Å². The van der Waals surface area contributed by atoms with Gasteiger partial charge in [-0.05, 0) is 103 Å². The van der Waals surface area contributed by atoms with Gasteiger partial charge in [-0.15, -0.1) is 0 Å². The fourth-order valence-corrected chi connectivity index (χ4v) is 8.09. The molecule has 0 radical (unpaired) electrons. The van der Waals surface area contributed by atoms with Gasteiger partial charge in [0.25, 0.3) is 0 Å². The average Bonchev–Trinajstić information content (AvgIpc) is 4.35. The molecule has 5 aromatic rings. The molecule has 0 aliphatic carbocycles. The van der Waals surface area contributed by atoms with E-state index in [4.69, 9.17) is 66.3 Å². The van der Waals surface area contributed by atoms with Gasteiger partial charge in [0.2, 0.25) is 0 Å². The summed E-state index contributed by atoms with van der Waals surface area (Å²) in [6, 6.07) is 47.4. The van der Waals surface area contributed by atoms with Gasteiger partial charge in [-0.3, -0.25) is 0 Å². The number of benzene rings is 5. The number of rotatable bonds is 24. The Hall–Kier alpha value is -5.26. The van der Waals surface area contributed by atoms with E-state index in [1.807, 2.05) is 133 Å². The molecule has 9 aliphatic rings. The molecule has 9 unspecified atom stereocenters. The van der Waals surface area contributed by atoms with E-state index < -0.39 is 0 Å². The topological polar surface area (TPSA) is 159 Å². The van der Waals surface area contributed by atoms with Crippen molar-refractivity contribution in [3.8, 4) is 28.7 Å². The van der Waals surface area contributed by atoms with Crippen LogP contribution in [0.3, 0.4) is 0 Å². The molecule has 9 saturated heterocycles. The van der Waals surface area contributed by atoms with Crippen LogP contribution in [0, 0.1) is 11.3 Å². The Kier molecular flexibility index (Phi) is 24.4. The molecular formula is C65H86O14. The third-order valence-corrected chi connectivity index (χ3v) is 12.9. The molecule has 9 atom stereocenters. The zero-order chi connectivity index (χ0) is 54.9. The quantitative estimate of drug-likeness (QED) is 0.0537. The second-order valence-electron chi connectivity index (χ2n) is 22.1. The van der Waals surface area contributed by atoms with Crippen LogP contribution < -0.4 is 23.7 Å². The highest BCUT2D eigenvalue weighted by molar-refractivity contribution is 5.35. The number of hydrogen-bond acceptors (Lipinski definition) is 14. The summed E-state index contributed by atoms with van der Waals surface area (Å²) in [5.74, 6) is 6.02. The minimum Gasteiger partial charge on any atom is -0.491 e. The first-order valence-electron chi connectivity index (χ1n) is 28.6. The van der Waals surface area contributed by atoms with E-state index in [-0.39, 0.29) is 0 Å². The molecule has 0 N–H and O–H groups in total. The van der Waals surface area contributed by atoms with E-state index in [2.05, 4.69) is 46.8 Å². The molecule has 5 aromatic carbocycles. The maximum absolute atomic E-state index is 5.70. The monoisotopic (exact) mass is 1090 g/mol. The van der Waals surface area contributed by atoms with Crippen LogP contribution in [0.25, 0.3) is 0 Å². The van der Waals surface area contributed by atoms with E-state index in [1.165, 1.54) is 31.2 Å². The van der Waals surface area contributed by atoms with Gasteiger partial charge in [-0.25, -0.2) is 0 Å². The molecule has 0 aromatic heterocycles. The number of ether oxygens (including phenoxy) is 14. The maximum atomic E-state index is 5.70. The predicted octanol–water partition coefficient (Wildman–Crippen LogP) is 11.2. The van der Waals surface area contributed by atoms with Crippen LogP contribution in [0.4, 0.5) is 0 Å². The molecule has 0 saturated carbocycles. The lowest BCUT2D eigenvalue weighted by atomic mass is 9.72. The highest BCUT2D eigenvalue weighted by atomic mass is 16.6. The third-order valence-electron chi connectivity index (χ3n) is 12.9. The Morgan fingerprint density at radius 2 is 0.532 bits per heavy atom. The molecule has 9 aliphatic heterocycles. The van der Waals surface area contributed by atoms with Crippen molar-refractivity contribution in [2.45, 2.75) is 121 Å². The first kappa shape index (κ1) is 59.9. The molecule has 0 spiro atoms. The highest BCUT2D eigenvalue weighted by Crippen LogP contribution is 2.48. The van der Waals surface area contributed by atoms with Gasteiger partial charge >= 0.3 is 0 Å². The second kappa shape index (κ2) is 32.3. The third kappa shape index (κ3) is 28.1. The molecule has 0 amide bonds. The molecule has 14 rings (SSSR count). The van der Waals surface area contributed by atoms with Crippen molar-refractivity contribution in [3.63, 3.8) is 0 Å². The Labute approximate surface area is 469 Å². The summed E-state index contributed by atoms with van der Waals surface area (Å²) in [4.78, 5) is 0. The summed E-state index contributed by atoms with van der Waals surface area (Å²) in [7, 11) is 0. The van der Waals surface area contributed by atoms with Crippen LogP contribution in [0.5, 0.6) is 28.7 Å². The predicted molar refractivity (Wildman–Crippen MR) is 303 cm³/mol. The fraction of sp³-hybridized carbons (Fsp3) is 0.538. The van der Waals surface area contributed by atoms with E-state index >= 15 is 0 Å². The lowest BCUT2D eigenvalue weighted by Gasteiger charge is -2.32. The van der Waals surface area contributed by atoms with Gasteiger partial charge in [0.05, 0.1) is 83.9 Å². The van der Waals surface area contributed by atoms with Crippen molar-refractivity contribution in [1.29, 1.82) is 0 Å². The van der Waals surface area contributed by atoms with Crippen LogP contribution in [-0.4, -0.2) is 147 Å². The van der Waals surface area contributed by atoms with Gasteiger partial charge in [-0.2, -0.15) is 0 Å². The SMILES string of the molecule is C1OC1CC(CC1CO1)(CC1CO1)CC1CO1.CC(C)C.CC(C)c1ccccc1OCC1CO1.c1ccc(OCC2CO2)cc1.c1ccc(OCC2CO2)cc1.c1ccc(OCC2CO2)cc1.c1ccc(OCC2CO2)cc1. The standard InChI is InChI=1S/C13H20O4.C12H16O2.4C9H10O2.C4H10/c1(9-5-14-9)13(2-10-6-15-10,3-11-7-16-11)4-12-8-17-12;1-9(2)11-5-3-4-6-12(11)14-8-10-7-13-10;4*1-2-4-8(5-3-1)10-6-9-7-11-9;1-4(2)3/h9-12H,1-8H2;3-6,9-10H,7-8H2,1-2H3;4*1-5,9H,6-7H2;4H,1-3H3. The minimum absolute atomic E-state index is 0.329. The van der Waals surface area contributed by atoms with Crippen LogP contribution in [0.2, 0.25) is 0 Å². The lowest BCUT2D eigenvalue weighted by molar-refractivity contribution is 0.129. The van der Waals surface area contributed by atoms with Crippen LogP contribution in [-0.2, 0) is 42.6 Å². The van der Waals surface area contributed by atoms with Crippen molar-refractivity contribution in [2.75, 3.05) is 92.5 Å². The Balaban J connectivity index is 0.000000124. The van der Waals surface area contributed by atoms with Gasteiger partial charge in [-0.1, -0.05) is 126 Å².